The lowest BCUT2D eigenvalue weighted by Gasteiger charge is -2.36. The molecule has 1 N–H and O–H groups in total. The van der Waals surface area contributed by atoms with Crippen molar-refractivity contribution in [2.75, 3.05) is 23.9 Å². The fourth-order valence-electron chi connectivity index (χ4n) is 2.21. The van der Waals surface area contributed by atoms with Crippen LogP contribution in [0.15, 0.2) is 30.7 Å². The van der Waals surface area contributed by atoms with Crippen LogP contribution in [-0.2, 0) is 9.22 Å². The summed E-state index contributed by atoms with van der Waals surface area (Å²) in [5.41, 5.74) is 1.29. The lowest BCUT2D eigenvalue weighted by molar-refractivity contribution is -0.118. The molecule has 0 radical (unpaired) electrons. The SMILES string of the molecule is CCCO[Si](C)(C)C(C)(C)C.CSCC(C)C(=O)Nc1cn(-c2cccnc2)nc1Cl. The van der Waals surface area contributed by atoms with Gasteiger partial charge < -0.3 is 9.74 Å². The van der Waals surface area contributed by atoms with E-state index in [9.17, 15) is 4.79 Å². The summed E-state index contributed by atoms with van der Waals surface area (Å²) in [6.07, 6.45) is 8.14. The minimum atomic E-state index is -1.43. The highest BCUT2D eigenvalue weighted by Gasteiger charge is 2.36. The third-order valence-electron chi connectivity index (χ3n) is 5.17. The highest BCUT2D eigenvalue weighted by atomic mass is 35.5. The number of pyridine rings is 1. The first-order valence-corrected chi connectivity index (χ1v) is 15.2. The van der Waals surface area contributed by atoms with Crippen molar-refractivity contribution in [1.29, 1.82) is 0 Å². The van der Waals surface area contributed by atoms with E-state index in [4.69, 9.17) is 16.0 Å². The van der Waals surface area contributed by atoms with Crippen LogP contribution in [0, 0.1) is 5.92 Å². The molecule has 0 bridgehead atoms. The largest absolute Gasteiger partial charge is 0.417 e. The maximum atomic E-state index is 12.0. The summed E-state index contributed by atoms with van der Waals surface area (Å²) in [5, 5.41) is 7.58. The number of rotatable bonds is 8. The smallest absolute Gasteiger partial charge is 0.228 e. The van der Waals surface area contributed by atoms with Gasteiger partial charge in [0.1, 0.15) is 0 Å². The van der Waals surface area contributed by atoms with Gasteiger partial charge in [0.25, 0.3) is 0 Å². The van der Waals surface area contributed by atoms with Crippen molar-refractivity contribution in [3.05, 3.63) is 35.9 Å². The summed E-state index contributed by atoms with van der Waals surface area (Å²) >= 11 is 7.68. The lowest BCUT2D eigenvalue weighted by atomic mass is 10.2. The Labute approximate surface area is 197 Å². The van der Waals surface area contributed by atoms with Crippen LogP contribution in [-0.4, -0.2) is 47.6 Å². The van der Waals surface area contributed by atoms with Gasteiger partial charge in [-0.15, -0.1) is 0 Å². The van der Waals surface area contributed by atoms with Crippen molar-refractivity contribution < 1.29 is 9.22 Å². The number of nitrogens with one attached hydrogen (secondary N) is 1. The fourth-order valence-corrected chi connectivity index (χ4v) is 4.19. The number of hydrogen-bond donors (Lipinski definition) is 1. The Morgan fingerprint density at radius 3 is 2.58 bits per heavy atom. The van der Waals surface area contributed by atoms with Gasteiger partial charge in [0.15, 0.2) is 13.5 Å². The zero-order valence-corrected chi connectivity index (χ0v) is 22.6. The van der Waals surface area contributed by atoms with Crippen LogP contribution >= 0.6 is 23.4 Å². The summed E-state index contributed by atoms with van der Waals surface area (Å²) in [6.45, 7) is 16.4. The summed E-state index contributed by atoms with van der Waals surface area (Å²) in [4.78, 5) is 16.0. The monoisotopic (exact) mass is 484 g/mol. The molecule has 0 spiro atoms. The van der Waals surface area contributed by atoms with Gasteiger partial charge in [-0.05, 0) is 42.9 Å². The number of carbonyl (C=O) groups excluding carboxylic acids is 1. The third kappa shape index (κ3) is 8.96. The van der Waals surface area contributed by atoms with Crippen LogP contribution in [0.2, 0.25) is 23.3 Å². The molecule has 2 heterocycles. The van der Waals surface area contributed by atoms with E-state index in [1.165, 1.54) is 0 Å². The lowest BCUT2D eigenvalue weighted by Crippen LogP contribution is -2.40. The van der Waals surface area contributed by atoms with Crippen LogP contribution in [0.1, 0.15) is 41.0 Å². The normalized spacial score (nSPS) is 12.7. The van der Waals surface area contributed by atoms with Crippen molar-refractivity contribution in [1.82, 2.24) is 14.8 Å². The predicted octanol–water partition coefficient (Wildman–Crippen LogP) is 6.28. The molecule has 6 nitrogen and oxygen atoms in total. The van der Waals surface area contributed by atoms with Crippen molar-refractivity contribution >= 4 is 43.3 Å². The van der Waals surface area contributed by atoms with Gasteiger partial charge in [0.2, 0.25) is 5.91 Å². The van der Waals surface area contributed by atoms with E-state index in [1.54, 1.807) is 35.0 Å². The maximum absolute atomic E-state index is 12.0. The summed E-state index contributed by atoms with van der Waals surface area (Å²) in [5.74, 6) is 0.620. The first-order chi connectivity index (χ1) is 14.4. The number of hydrogen-bond acceptors (Lipinski definition) is 5. The number of aromatic nitrogens is 3. The predicted molar refractivity (Wildman–Crippen MR) is 136 cm³/mol. The van der Waals surface area contributed by atoms with E-state index < -0.39 is 8.32 Å². The van der Waals surface area contributed by atoms with E-state index in [0.717, 1.165) is 24.5 Å². The molecule has 31 heavy (non-hydrogen) atoms. The molecule has 1 unspecified atom stereocenters. The quantitative estimate of drug-likeness (QED) is 0.446. The van der Waals surface area contributed by atoms with E-state index in [2.05, 4.69) is 56.2 Å². The summed E-state index contributed by atoms with van der Waals surface area (Å²) in [6, 6.07) is 3.67. The maximum Gasteiger partial charge on any atom is 0.228 e. The third-order valence-corrected chi connectivity index (χ3v) is 10.8. The Morgan fingerprint density at radius 1 is 1.39 bits per heavy atom. The summed E-state index contributed by atoms with van der Waals surface area (Å²) in [7, 11) is -1.43. The molecule has 0 aliphatic carbocycles. The summed E-state index contributed by atoms with van der Waals surface area (Å²) < 4.78 is 7.47. The van der Waals surface area contributed by atoms with Crippen LogP contribution in [0.3, 0.4) is 0 Å². The molecule has 1 amide bonds. The van der Waals surface area contributed by atoms with E-state index >= 15 is 0 Å². The Hall–Kier alpha value is -1.35. The second-order valence-corrected chi connectivity index (χ2v) is 15.0. The highest BCUT2D eigenvalue weighted by Crippen LogP contribution is 2.36. The van der Waals surface area contributed by atoms with E-state index in [-0.39, 0.29) is 17.0 Å². The average molecular weight is 485 g/mol. The van der Waals surface area contributed by atoms with Gasteiger partial charge in [0, 0.05) is 24.5 Å². The van der Waals surface area contributed by atoms with E-state index in [0.29, 0.717) is 10.7 Å². The van der Waals surface area contributed by atoms with Gasteiger partial charge >= 0.3 is 0 Å². The van der Waals surface area contributed by atoms with Crippen LogP contribution < -0.4 is 5.32 Å². The molecular formula is C22H37ClN4O2SSi. The second kappa shape index (κ2) is 12.6. The van der Waals surface area contributed by atoms with Crippen molar-refractivity contribution in [3.63, 3.8) is 0 Å². The zero-order valence-electron chi connectivity index (χ0n) is 20.0. The van der Waals surface area contributed by atoms with Crippen molar-refractivity contribution in [2.24, 2.45) is 5.92 Å². The van der Waals surface area contributed by atoms with Crippen molar-refractivity contribution in [3.8, 4) is 5.69 Å². The molecule has 2 aromatic rings. The second-order valence-electron chi connectivity index (χ2n) is 8.94. The molecule has 174 valence electrons. The molecule has 0 aliphatic heterocycles. The standard InChI is InChI=1S/C13H15ClN4OS.C9H22OSi/c1-9(8-20-2)13(19)16-11-7-18(17-12(11)14)10-4-3-5-15-6-10;1-7-8-10-11(5,6)9(2,3)4/h3-7,9H,8H2,1-2H3,(H,16,19);7-8H2,1-6H3. The van der Waals surface area contributed by atoms with Gasteiger partial charge in [-0.25, -0.2) is 4.68 Å². The van der Waals surface area contributed by atoms with Crippen LogP contribution in [0.25, 0.3) is 5.69 Å². The fraction of sp³-hybridized carbons (Fsp3) is 0.591. The molecule has 9 heteroatoms. The van der Waals surface area contributed by atoms with Gasteiger partial charge in [-0.1, -0.05) is 46.2 Å². The molecule has 0 saturated carbocycles. The Bertz CT molecular complexity index is 810. The molecule has 1 atom stereocenters. The molecular weight excluding hydrogens is 448 g/mol. The van der Waals surface area contributed by atoms with Gasteiger partial charge in [-0.2, -0.15) is 16.9 Å². The molecule has 0 aliphatic rings. The molecule has 0 aromatic carbocycles. The van der Waals surface area contributed by atoms with Crippen LogP contribution in [0.4, 0.5) is 5.69 Å². The molecule has 2 rings (SSSR count). The first kappa shape index (κ1) is 27.7. The number of halogens is 1. The Morgan fingerprint density at radius 2 is 2.06 bits per heavy atom. The number of nitrogens with zero attached hydrogens (tertiary/aromatic N) is 3. The van der Waals surface area contributed by atoms with Gasteiger partial charge in [0.05, 0.1) is 23.8 Å². The Balaban J connectivity index is 0.000000373. The number of thioether (sulfide) groups is 1. The first-order valence-electron chi connectivity index (χ1n) is 10.5. The van der Waals surface area contributed by atoms with E-state index in [1.807, 2.05) is 25.3 Å². The number of carbonyl (C=O) groups is 1. The number of anilines is 1. The highest BCUT2D eigenvalue weighted by molar-refractivity contribution is 7.98. The topological polar surface area (TPSA) is 69.0 Å². The number of amides is 1. The van der Waals surface area contributed by atoms with Crippen LogP contribution in [0.5, 0.6) is 0 Å². The minimum Gasteiger partial charge on any atom is -0.417 e. The van der Waals surface area contributed by atoms with Gasteiger partial charge in [-0.3, -0.25) is 9.78 Å². The zero-order chi connectivity index (χ0) is 23.7. The molecule has 0 saturated heterocycles. The average Bonchev–Trinajstić information content (AvgIpc) is 3.07. The molecule has 0 fully saturated rings. The molecule has 2 aromatic heterocycles. The Kier molecular flexibility index (Phi) is 11.3. The minimum absolute atomic E-state index is 0.0630. The van der Waals surface area contributed by atoms with Crippen molar-refractivity contribution in [2.45, 2.75) is 59.2 Å².